The number of hydrogen-bond donors (Lipinski definition) is 2. The topological polar surface area (TPSA) is 60.2 Å². The number of ether oxygens (including phenoxy) is 1. The molecule has 2 aromatic rings. The number of rotatable bonds is 3. The maximum Gasteiger partial charge on any atom is 0.416 e. The average molecular weight is 362 g/mol. The van der Waals surface area contributed by atoms with E-state index >= 15 is 0 Å². The molecule has 1 heterocycles. The smallest absolute Gasteiger partial charge is 0.416 e. The number of pyridine rings is 1. The molecule has 0 bridgehead atoms. The van der Waals surface area contributed by atoms with E-state index in [1.807, 2.05) is 0 Å². The van der Waals surface area contributed by atoms with Gasteiger partial charge in [-0.25, -0.2) is 4.98 Å². The molecule has 0 unspecified atom stereocenters. The fraction of sp³-hybridized carbons (Fsp3) is 0.154. The molecule has 4 nitrogen and oxygen atoms in total. The highest BCUT2D eigenvalue weighted by molar-refractivity contribution is 9.10. The van der Waals surface area contributed by atoms with Crippen LogP contribution in [-0.4, -0.2) is 12.1 Å². The third kappa shape index (κ3) is 3.78. The Kier molecular flexibility index (Phi) is 4.26. The minimum atomic E-state index is -4.49. The molecule has 112 valence electrons. The molecule has 0 spiro atoms. The summed E-state index contributed by atoms with van der Waals surface area (Å²) in [5, 5.41) is 2.78. The zero-order chi connectivity index (χ0) is 15.6. The van der Waals surface area contributed by atoms with Crippen molar-refractivity contribution in [2.24, 2.45) is 0 Å². The lowest BCUT2D eigenvalue weighted by Gasteiger charge is -2.13. The zero-order valence-corrected chi connectivity index (χ0v) is 12.4. The number of methoxy groups -OCH3 is 1. The van der Waals surface area contributed by atoms with Crippen molar-refractivity contribution in [1.29, 1.82) is 0 Å². The zero-order valence-electron chi connectivity index (χ0n) is 10.8. The number of nitrogens with zero attached hydrogens (tertiary/aromatic N) is 1. The highest BCUT2D eigenvalue weighted by Gasteiger charge is 2.31. The molecular weight excluding hydrogens is 351 g/mol. The van der Waals surface area contributed by atoms with Crippen molar-refractivity contribution in [3.05, 3.63) is 40.4 Å². The van der Waals surface area contributed by atoms with Gasteiger partial charge in [-0.2, -0.15) is 13.2 Å². The van der Waals surface area contributed by atoms with Crippen molar-refractivity contribution in [2.75, 3.05) is 18.2 Å². The molecule has 0 aliphatic heterocycles. The Hall–Kier alpha value is -1.96. The number of hydrogen-bond acceptors (Lipinski definition) is 4. The van der Waals surface area contributed by atoms with Crippen LogP contribution in [0.25, 0.3) is 0 Å². The fourth-order valence-electron chi connectivity index (χ4n) is 1.64. The molecule has 3 N–H and O–H groups in total. The Morgan fingerprint density at radius 1 is 1.24 bits per heavy atom. The van der Waals surface area contributed by atoms with Crippen molar-refractivity contribution >= 4 is 33.3 Å². The van der Waals surface area contributed by atoms with Crippen LogP contribution in [0.5, 0.6) is 5.75 Å². The Balaban J connectivity index is 2.38. The van der Waals surface area contributed by atoms with Crippen molar-refractivity contribution in [3.8, 4) is 5.75 Å². The van der Waals surface area contributed by atoms with Gasteiger partial charge in [-0.15, -0.1) is 0 Å². The summed E-state index contributed by atoms with van der Waals surface area (Å²) in [6.45, 7) is 0. The highest BCUT2D eigenvalue weighted by Crippen LogP contribution is 2.34. The molecule has 1 aromatic carbocycles. The summed E-state index contributed by atoms with van der Waals surface area (Å²) in [6.07, 6.45) is -4.49. The quantitative estimate of drug-likeness (QED) is 0.859. The lowest BCUT2D eigenvalue weighted by molar-refractivity contribution is -0.137. The molecule has 0 fully saturated rings. The summed E-state index contributed by atoms with van der Waals surface area (Å²) in [7, 11) is 1.49. The number of alkyl halides is 3. The van der Waals surface area contributed by atoms with Gasteiger partial charge in [0.25, 0.3) is 0 Å². The van der Waals surface area contributed by atoms with Gasteiger partial charge in [-0.05, 0) is 40.2 Å². The van der Waals surface area contributed by atoms with Crippen molar-refractivity contribution in [2.45, 2.75) is 6.18 Å². The second-order valence-corrected chi connectivity index (χ2v) is 4.99. The van der Waals surface area contributed by atoms with Crippen LogP contribution in [0, 0.1) is 0 Å². The first-order valence-electron chi connectivity index (χ1n) is 5.75. The van der Waals surface area contributed by atoms with Crippen LogP contribution in [0.3, 0.4) is 0 Å². The molecule has 0 radical (unpaired) electrons. The number of anilines is 3. The van der Waals surface area contributed by atoms with Crippen molar-refractivity contribution < 1.29 is 17.9 Å². The predicted octanol–water partition coefficient (Wildman–Crippen LogP) is 4.20. The SMILES string of the molecule is COc1ccc(Br)c(Nc2cc(C(F)(F)F)cc(N)n2)c1. The normalized spacial score (nSPS) is 11.3. The summed E-state index contributed by atoms with van der Waals surface area (Å²) < 4.78 is 43.9. The summed E-state index contributed by atoms with van der Waals surface area (Å²) >= 11 is 3.29. The first-order valence-corrected chi connectivity index (χ1v) is 6.54. The lowest BCUT2D eigenvalue weighted by atomic mass is 10.2. The number of nitrogens with two attached hydrogens (primary N) is 1. The standard InChI is InChI=1S/C13H11BrF3N3O/c1-21-8-2-3-9(14)10(6-8)19-12-5-7(13(15,16)17)4-11(18)20-12/h2-6H,1H3,(H3,18,19,20). The van der Waals surface area contributed by atoms with Crippen LogP contribution in [0.1, 0.15) is 5.56 Å². The molecule has 0 atom stereocenters. The molecule has 1 aromatic heterocycles. The Bertz CT molecular complexity index is 662. The lowest BCUT2D eigenvalue weighted by Crippen LogP contribution is -2.08. The largest absolute Gasteiger partial charge is 0.497 e. The minimum absolute atomic E-state index is 0.00345. The van der Waals surface area contributed by atoms with E-state index in [2.05, 4.69) is 26.2 Å². The first-order chi connectivity index (χ1) is 9.79. The molecular formula is C13H11BrF3N3O. The van der Waals surface area contributed by atoms with Gasteiger partial charge >= 0.3 is 6.18 Å². The van der Waals surface area contributed by atoms with Crippen LogP contribution >= 0.6 is 15.9 Å². The molecule has 8 heteroatoms. The monoisotopic (exact) mass is 361 g/mol. The van der Waals surface area contributed by atoms with E-state index in [1.54, 1.807) is 18.2 Å². The number of halogens is 4. The Morgan fingerprint density at radius 3 is 2.57 bits per heavy atom. The van der Waals surface area contributed by atoms with E-state index in [-0.39, 0.29) is 11.6 Å². The van der Waals surface area contributed by atoms with Crippen LogP contribution in [-0.2, 0) is 6.18 Å². The number of aromatic nitrogens is 1. The maximum atomic E-state index is 12.7. The molecule has 21 heavy (non-hydrogen) atoms. The molecule has 0 amide bonds. The Labute approximate surface area is 127 Å². The van der Waals surface area contributed by atoms with Gasteiger partial charge in [0.1, 0.15) is 17.4 Å². The molecule has 0 saturated carbocycles. The number of nitrogen functional groups attached to an aromatic ring is 1. The van der Waals surface area contributed by atoms with Gasteiger partial charge in [0.15, 0.2) is 0 Å². The number of benzene rings is 1. The molecule has 2 rings (SSSR count). The summed E-state index contributed by atoms with van der Waals surface area (Å²) in [5.74, 6) is 0.336. The summed E-state index contributed by atoms with van der Waals surface area (Å²) in [6, 6.07) is 6.72. The second-order valence-electron chi connectivity index (χ2n) is 4.13. The maximum absolute atomic E-state index is 12.7. The molecule has 0 saturated heterocycles. The van der Waals surface area contributed by atoms with Crippen LogP contribution < -0.4 is 15.8 Å². The van der Waals surface area contributed by atoms with Crippen LogP contribution in [0.2, 0.25) is 0 Å². The summed E-state index contributed by atoms with van der Waals surface area (Å²) in [5.41, 5.74) is 5.07. The molecule has 0 aliphatic carbocycles. The third-order valence-corrected chi connectivity index (χ3v) is 3.30. The average Bonchev–Trinajstić information content (AvgIpc) is 2.39. The van der Waals surface area contributed by atoms with E-state index in [9.17, 15) is 13.2 Å². The van der Waals surface area contributed by atoms with Crippen molar-refractivity contribution in [3.63, 3.8) is 0 Å². The van der Waals surface area contributed by atoms with Gasteiger partial charge in [0.2, 0.25) is 0 Å². The van der Waals surface area contributed by atoms with Crippen LogP contribution in [0.15, 0.2) is 34.8 Å². The Morgan fingerprint density at radius 2 is 1.95 bits per heavy atom. The van der Waals surface area contributed by atoms with E-state index in [0.29, 0.717) is 15.9 Å². The van der Waals surface area contributed by atoms with E-state index < -0.39 is 11.7 Å². The molecule has 0 aliphatic rings. The van der Waals surface area contributed by atoms with E-state index in [4.69, 9.17) is 10.5 Å². The van der Waals surface area contributed by atoms with Gasteiger partial charge in [-0.1, -0.05) is 0 Å². The first kappa shape index (κ1) is 15.4. The summed E-state index contributed by atoms with van der Waals surface area (Å²) in [4.78, 5) is 3.84. The number of nitrogens with one attached hydrogen (secondary N) is 1. The second kappa shape index (κ2) is 5.80. The predicted molar refractivity (Wildman–Crippen MR) is 77.6 cm³/mol. The van der Waals surface area contributed by atoms with E-state index in [0.717, 1.165) is 12.1 Å². The van der Waals surface area contributed by atoms with Gasteiger partial charge in [-0.3, -0.25) is 0 Å². The van der Waals surface area contributed by atoms with Gasteiger partial charge < -0.3 is 15.8 Å². The fourth-order valence-corrected chi connectivity index (χ4v) is 1.99. The van der Waals surface area contributed by atoms with E-state index in [1.165, 1.54) is 7.11 Å². The van der Waals surface area contributed by atoms with Gasteiger partial charge in [0.05, 0.1) is 18.4 Å². The van der Waals surface area contributed by atoms with Crippen LogP contribution in [0.4, 0.5) is 30.5 Å². The third-order valence-electron chi connectivity index (χ3n) is 2.61. The van der Waals surface area contributed by atoms with Crippen molar-refractivity contribution in [1.82, 2.24) is 4.98 Å². The van der Waals surface area contributed by atoms with Gasteiger partial charge in [0, 0.05) is 10.5 Å². The highest BCUT2D eigenvalue weighted by atomic mass is 79.9. The minimum Gasteiger partial charge on any atom is -0.497 e.